The van der Waals surface area contributed by atoms with Crippen LogP contribution in [0.5, 0.6) is 5.75 Å². The van der Waals surface area contributed by atoms with E-state index in [1.54, 1.807) is 12.1 Å². The zero-order valence-electron chi connectivity index (χ0n) is 10.9. The lowest BCUT2D eigenvalue weighted by atomic mass is 10.2. The van der Waals surface area contributed by atoms with Crippen LogP contribution in [0.25, 0.3) is 0 Å². The van der Waals surface area contributed by atoms with Gasteiger partial charge in [-0.15, -0.1) is 0 Å². The summed E-state index contributed by atoms with van der Waals surface area (Å²) in [6.07, 6.45) is 2.15. The molecule has 0 bridgehead atoms. The summed E-state index contributed by atoms with van der Waals surface area (Å²) in [5.41, 5.74) is 1.01. The van der Waals surface area contributed by atoms with Gasteiger partial charge in [0.15, 0.2) is 0 Å². The van der Waals surface area contributed by atoms with Gasteiger partial charge in [-0.3, -0.25) is 0 Å². The highest BCUT2D eigenvalue weighted by atomic mass is 35.5. The van der Waals surface area contributed by atoms with E-state index < -0.39 is 5.97 Å². The largest absolute Gasteiger partial charge is 0.423 e. The first-order chi connectivity index (χ1) is 9.15. The van der Waals surface area contributed by atoms with Crippen LogP contribution in [0, 0.1) is 6.92 Å². The van der Waals surface area contributed by atoms with E-state index in [1.165, 1.54) is 0 Å². The van der Waals surface area contributed by atoms with Crippen LogP contribution in [0.1, 0.15) is 18.4 Å². The molecule has 1 unspecified atom stereocenters. The topological polar surface area (TPSA) is 44.8 Å². The number of hydrogen-bond acceptors (Lipinski definition) is 4. The molecule has 0 radical (unpaired) electrons. The summed E-state index contributed by atoms with van der Waals surface area (Å²) >= 11 is 5.97. The monoisotopic (exact) mass is 284 g/mol. The molecule has 0 spiro atoms. The van der Waals surface area contributed by atoms with Gasteiger partial charge in [-0.1, -0.05) is 17.7 Å². The quantitative estimate of drug-likeness (QED) is 0.616. The van der Waals surface area contributed by atoms with Crippen LogP contribution < -0.4 is 4.74 Å². The Hall–Kier alpha value is -1.10. The van der Waals surface area contributed by atoms with Crippen LogP contribution in [0.4, 0.5) is 0 Å². The van der Waals surface area contributed by atoms with Gasteiger partial charge >= 0.3 is 5.97 Å². The van der Waals surface area contributed by atoms with Gasteiger partial charge in [-0.05, 0) is 37.5 Å². The van der Waals surface area contributed by atoms with E-state index in [0.29, 0.717) is 17.4 Å². The molecule has 1 aromatic carbocycles. The van der Waals surface area contributed by atoms with Crippen LogP contribution in [0.15, 0.2) is 18.2 Å². The lowest BCUT2D eigenvalue weighted by molar-refractivity contribution is -0.140. The van der Waals surface area contributed by atoms with E-state index >= 15 is 0 Å². The van der Waals surface area contributed by atoms with Crippen LogP contribution in [0.2, 0.25) is 5.02 Å². The number of carbonyl (C=O) groups is 1. The van der Waals surface area contributed by atoms with Crippen molar-refractivity contribution in [3.05, 3.63) is 28.8 Å². The maximum Gasteiger partial charge on any atom is 0.337 e. The number of benzene rings is 1. The maximum atomic E-state index is 11.6. The fourth-order valence-electron chi connectivity index (χ4n) is 1.89. The van der Waals surface area contributed by atoms with E-state index in [1.807, 2.05) is 13.0 Å². The van der Waals surface area contributed by atoms with Gasteiger partial charge in [0.2, 0.25) is 0 Å². The zero-order valence-corrected chi connectivity index (χ0v) is 11.6. The zero-order chi connectivity index (χ0) is 13.7. The summed E-state index contributed by atoms with van der Waals surface area (Å²) < 4.78 is 15.8. The number of aryl methyl sites for hydroxylation is 1. The van der Waals surface area contributed by atoms with Crippen molar-refractivity contribution in [3.8, 4) is 5.75 Å². The molecule has 2 rings (SSSR count). The van der Waals surface area contributed by atoms with Gasteiger partial charge in [0.05, 0.1) is 17.7 Å². The van der Waals surface area contributed by atoms with E-state index in [9.17, 15) is 4.79 Å². The first-order valence-electron chi connectivity index (χ1n) is 6.31. The van der Waals surface area contributed by atoms with E-state index in [0.717, 1.165) is 25.0 Å². The Labute approximate surface area is 117 Å². The second-order valence-corrected chi connectivity index (χ2v) is 4.97. The molecule has 1 fully saturated rings. The number of halogens is 1. The highest BCUT2D eigenvalue weighted by Crippen LogP contribution is 2.25. The van der Waals surface area contributed by atoms with Crippen molar-refractivity contribution in [1.29, 1.82) is 0 Å². The van der Waals surface area contributed by atoms with Crippen molar-refractivity contribution < 1.29 is 19.0 Å². The van der Waals surface area contributed by atoms with Gasteiger partial charge in [0.25, 0.3) is 0 Å². The first kappa shape index (κ1) is 14.3. The summed E-state index contributed by atoms with van der Waals surface area (Å²) in [6, 6.07) is 5.26. The predicted molar refractivity (Wildman–Crippen MR) is 71.6 cm³/mol. The summed E-state index contributed by atoms with van der Waals surface area (Å²) in [7, 11) is 0. The molecule has 1 saturated heterocycles. The fraction of sp³-hybridized carbons (Fsp3) is 0.500. The minimum Gasteiger partial charge on any atom is -0.423 e. The van der Waals surface area contributed by atoms with Gasteiger partial charge in [0.1, 0.15) is 12.4 Å². The van der Waals surface area contributed by atoms with Gasteiger partial charge < -0.3 is 14.2 Å². The molecule has 0 saturated carbocycles. The van der Waals surface area contributed by atoms with E-state index in [4.69, 9.17) is 25.8 Å². The molecule has 0 aromatic heterocycles. The minimum absolute atomic E-state index is 0.0932. The second kappa shape index (κ2) is 6.89. The molecule has 1 aliphatic heterocycles. The molecule has 19 heavy (non-hydrogen) atoms. The number of ether oxygens (including phenoxy) is 3. The molecule has 4 nitrogen and oxygen atoms in total. The molecular formula is C14H17ClO4. The van der Waals surface area contributed by atoms with Crippen molar-refractivity contribution in [1.82, 2.24) is 0 Å². The summed E-state index contributed by atoms with van der Waals surface area (Å²) in [5.74, 6) is -0.0956. The fourth-order valence-corrected chi connectivity index (χ4v) is 2.16. The molecule has 1 atom stereocenters. The van der Waals surface area contributed by atoms with Gasteiger partial charge in [-0.2, -0.15) is 0 Å². The smallest absolute Gasteiger partial charge is 0.337 e. The second-order valence-electron chi connectivity index (χ2n) is 4.56. The van der Waals surface area contributed by atoms with Gasteiger partial charge in [-0.25, -0.2) is 4.79 Å². The molecule has 104 valence electrons. The third kappa shape index (κ3) is 4.49. The van der Waals surface area contributed by atoms with Crippen molar-refractivity contribution in [3.63, 3.8) is 0 Å². The molecule has 1 aliphatic rings. The van der Waals surface area contributed by atoms with E-state index in [-0.39, 0.29) is 12.7 Å². The average molecular weight is 285 g/mol. The number of hydrogen-bond donors (Lipinski definition) is 0. The lowest BCUT2D eigenvalue weighted by Crippen LogP contribution is -2.21. The minimum atomic E-state index is -0.455. The molecule has 1 heterocycles. The third-order valence-corrected chi connectivity index (χ3v) is 3.15. The van der Waals surface area contributed by atoms with Crippen molar-refractivity contribution >= 4 is 17.6 Å². The Kier molecular flexibility index (Phi) is 5.19. The average Bonchev–Trinajstić information content (AvgIpc) is 2.86. The van der Waals surface area contributed by atoms with Crippen LogP contribution >= 0.6 is 11.6 Å². The van der Waals surface area contributed by atoms with E-state index in [2.05, 4.69) is 0 Å². The highest BCUT2D eigenvalue weighted by molar-refractivity contribution is 6.32. The highest BCUT2D eigenvalue weighted by Gasteiger charge is 2.16. The SMILES string of the molecule is Cc1ccc(OC(=O)COCC2CCCO2)c(Cl)c1. The van der Waals surface area contributed by atoms with Crippen LogP contribution in [-0.2, 0) is 14.3 Å². The third-order valence-electron chi connectivity index (χ3n) is 2.86. The molecular weight excluding hydrogens is 268 g/mol. The Bertz CT molecular complexity index is 441. The van der Waals surface area contributed by atoms with Crippen LogP contribution in [0.3, 0.4) is 0 Å². The summed E-state index contributed by atoms with van der Waals surface area (Å²) in [6.45, 7) is 3.03. The Morgan fingerprint density at radius 1 is 1.53 bits per heavy atom. The molecule has 0 amide bonds. The summed E-state index contributed by atoms with van der Waals surface area (Å²) in [5, 5.41) is 0.424. The Morgan fingerprint density at radius 3 is 3.05 bits per heavy atom. The molecule has 0 aliphatic carbocycles. The molecule has 0 N–H and O–H groups in total. The molecule has 5 heteroatoms. The number of rotatable bonds is 5. The standard InChI is InChI=1S/C14H17ClO4/c1-10-4-5-13(12(15)7-10)19-14(16)9-17-8-11-3-2-6-18-11/h4-5,7,11H,2-3,6,8-9H2,1H3. The Balaban J connectivity index is 1.74. The Morgan fingerprint density at radius 2 is 2.37 bits per heavy atom. The lowest BCUT2D eigenvalue weighted by Gasteiger charge is -2.10. The number of carbonyl (C=O) groups excluding carboxylic acids is 1. The van der Waals surface area contributed by atoms with Crippen LogP contribution in [-0.4, -0.2) is 31.9 Å². The summed E-state index contributed by atoms with van der Waals surface area (Å²) in [4.78, 5) is 11.6. The van der Waals surface area contributed by atoms with Crippen molar-refractivity contribution in [2.24, 2.45) is 0 Å². The molecule has 1 aromatic rings. The predicted octanol–water partition coefficient (Wildman–Crippen LogP) is 2.75. The van der Waals surface area contributed by atoms with Gasteiger partial charge in [0, 0.05) is 6.61 Å². The van der Waals surface area contributed by atoms with Crippen molar-refractivity contribution in [2.75, 3.05) is 19.8 Å². The van der Waals surface area contributed by atoms with Crippen molar-refractivity contribution in [2.45, 2.75) is 25.9 Å². The normalized spacial score (nSPS) is 18.5. The maximum absolute atomic E-state index is 11.6. The number of esters is 1. The first-order valence-corrected chi connectivity index (χ1v) is 6.69.